The van der Waals surface area contributed by atoms with Gasteiger partial charge in [0.2, 0.25) is 0 Å². The molecule has 6 heteroatoms. The molecule has 1 fully saturated rings. The van der Waals surface area contributed by atoms with Gasteiger partial charge in [-0.15, -0.1) is 11.3 Å². The molecule has 23 heavy (non-hydrogen) atoms. The SMILES string of the molecule is O=C(OC1CCCCC1)c1ccc(NC(=O)c2cscn2)cc1. The Balaban J connectivity index is 1.58. The maximum Gasteiger partial charge on any atom is 0.338 e. The second-order valence-electron chi connectivity index (χ2n) is 5.57. The fourth-order valence-corrected chi connectivity index (χ4v) is 3.14. The molecule has 1 aliphatic carbocycles. The molecule has 1 aliphatic rings. The Morgan fingerprint density at radius 3 is 2.52 bits per heavy atom. The van der Waals surface area contributed by atoms with Crippen molar-refractivity contribution >= 4 is 28.9 Å². The van der Waals surface area contributed by atoms with Crippen LogP contribution in [-0.4, -0.2) is 23.0 Å². The normalized spacial score (nSPS) is 15.1. The van der Waals surface area contributed by atoms with Crippen molar-refractivity contribution in [2.24, 2.45) is 0 Å². The molecular weight excluding hydrogens is 312 g/mol. The number of thiazole rings is 1. The number of hydrogen-bond donors (Lipinski definition) is 1. The van der Waals surface area contributed by atoms with Crippen molar-refractivity contribution in [2.45, 2.75) is 38.2 Å². The molecule has 0 spiro atoms. The maximum atomic E-state index is 12.1. The first-order valence-electron chi connectivity index (χ1n) is 7.73. The van der Waals surface area contributed by atoms with E-state index in [1.807, 2.05) is 0 Å². The zero-order chi connectivity index (χ0) is 16.1. The van der Waals surface area contributed by atoms with E-state index in [-0.39, 0.29) is 18.0 Å². The summed E-state index contributed by atoms with van der Waals surface area (Å²) < 4.78 is 5.52. The van der Waals surface area contributed by atoms with Gasteiger partial charge in [-0.25, -0.2) is 9.78 Å². The van der Waals surface area contributed by atoms with Crippen LogP contribution in [0.4, 0.5) is 5.69 Å². The minimum atomic E-state index is -0.297. The van der Waals surface area contributed by atoms with E-state index in [2.05, 4.69) is 10.3 Å². The van der Waals surface area contributed by atoms with Crippen molar-refractivity contribution < 1.29 is 14.3 Å². The minimum absolute atomic E-state index is 0.0419. The molecule has 0 unspecified atom stereocenters. The van der Waals surface area contributed by atoms with Gasteiger partial charge in [0.15, 0.2) is 0 Å². The Labute approximate surface area is 138 Å². The molecule has 1 N–H and O–H groups in total. The average molecular weight is 330 g/mol. The molecule has 120 valence electrons. The molecule has 5 nitrogen and oxygen atoms in total. The summed E-state index contributed by atoms with van der Waals surface area (Å²) in [6, 6.07) is 6.73. The second-order valence-corrected chi connectivity index (χ2v) is 6.29. The van der Waals surface area contributed by atoms with Crippen LogP contribution in [0.5, 0.6) is 0 Å². The smallest absolute Gasteiger partial charge is 0.338 e. The van der Waals surface area contributed by atoms with Crippen molar-refractivity contribution in [3.63, 3.8) is 0 Å². The second kappa shape index (κ2) is 7.37. The van der Waals surface area contributed by atoms with Crippen molar-refractivity contribution in [3.05, 3.63) is 46.4 Å². The van der Waals surface area contributed by atoms with Crippen LogP contribution in [0.1, 0.15) is 53.0 Å². The third-order valence-electron chi connectivity index (χ3n) is 3.87. The van der Waals surface area contributed by atoms with Gasteiger partial charge in [-0.3, -0.25) is 4.79 Å². The van der Waals surface area contributed by atoms with E-state index in [0.717, 1.165) is 25.7 Å². The van der Waals surface area contributed by atoms with E-state index in [4.69, 9.17) is 4.74 Å². The molecule has 3 rings (SSSR count). The lowest BCUT2D eigenvalue weighted by Crippen LogP contribution is -2.21. The fourth-order valence-electron chi connectivity index (χ4n) is 2.61. The Morgan fingerprint density at radius 2 is 1.87 bits per heavy atom. The van der Waals surface area contributed by atoms with Gasteiger partial charge in [0, 0.05) is 11.1 Å². The summed E-state index contributed by atoms with van der Waals surface area (Å²) in [5, 5.41) is 4.43. The van der Waals surface area contributed by atoms with E-state index < -0.39 is 0 Å². The summed E-state index contributed by atoms with van der Waals surface area (Å²) in [5.41, 5.74) is 3.12. The van der Waals surface area contributed by atoms with Crippen molar-refractivity contribution in [1.29, 1.82) is 0 Å². The maximum absolute atomic E-state index is 12.1. The van der Waals surface area contributed by atoms with Crippen LogP contribution in [0.25, 0.3) is 0 Å². The number of aromatic nitrogens is 1. The lowest BCUT2D eigenvalue weighted by Gasteiger charge is -2.21. The summed E-state index contributed by atoms with van der Waals surface area (Å²) >= 11 is 1.37. The zero-order valence-corrected chi connectivity index (χ0v) is 13.5. The number of hydrogen-bond acceptors (Lipinski definition) is 5. The summed E-state index contributed by atoms with van der Waals surface area (Å²) in [6.07, 6.45) is 5.42. The summed E-state index contributed by atoms with van der Waals surface area (Å²) in [4.78, 5) is 28.0. The van der Waals surface area contributed by atoms with E-state index in [1.54, 1.807) is 35.2 Å². The Bertz CT molecular complexity index is 662. The summed E-state index contributed by atoms with van der Waals surface area (Å²) in [7, 11) is 0. The first kappa shape index (κ1) is 15.7. The zero-order valence-electron chi connectivity index (χ0n) is 12.7. The molecule has 0 radical (unpaired) electrons. The number of esters is 1. The van der Waals surface area contributed by atoms with Crippen LogP contribution in [0.15, 0.2) is 35.2 Å². The van der Waals surface area contributed by atoms with E-state index in [1.165, 1.54) is 17.8 Å². The molecule has 2 aromatic rings. The summed E-state index contributed by atoms with van der Waals surface area (Å²) in [6.45, 7) is 0. The highest BCUT2D eigenvalue weighted by Gasteiger charge is 2.18. The molecule has 1 aromatic carbocycles. The highest BCUT2D eigenvalue weighted by molar-refractivity contribution is 7.07. The highest BCUT2D eigenvalue weighted by Crippen LogP contribution is 2.22. The van der Waals surface area contributed by atoms with E-state index >= 15 is 0 Å². The largest absolute Gasteiger partial charge is 0.459 e. The standard InChI is InChI=1S/C17H18N2O3S/c20-16(15-10-23-11-18-15)19-13-8-6-12(7-9-13)17(21)22-14-4-2-1-3-5-14/h6-11,14H,1-5H2,(H,19,20). The van der Waals surface area contributed by atoms with Crippen LogP contribution < -0.4 is 5.32 Å². The average Bonchev–Trinajstić information content (AvgIpc) is 3.11. The number of carbonyl (C=O) groups is 2. The van der Waals surface area contributed by atoms with Crippen LogP contribution in [0.2, 0.25) is 0 Å². The lowest BCUT2D eigenvalue weighted by molar-refractivity contribution is 0.0211. The van der Waals surface area contributed by atoms with E-state index in [0.29, 0.717) is 16.9 Å². The molecule has 0 aliphatic heterocycles. The van der Waals surface area contributed by atoms with Crippen LogP contribution in [0, 0.1) is 0 Å². The number of benzene rings is 1. The van der Waals surface area contributed by atoms with Gasteiger partial charge >= 0.3 is 5.97 Å². The van der Waals surface area contributed by atoms with Crippen molar-refractivity contribution in [1.82, 2.24) is 4.98 Å². The molecule has 0 bridgehead atoms. The molecule has 0 atom stereocenters. The van der Waals surface area contributed by atoms with Gasteiger partial charge in [0.05, 0.1) is 11.1 Å². The highest BCUT2D eigenvalue weighted by atomic mass is 32.1. The van der Waals surface area contributed by atoms with Gasteiger partial charge < -0.3 is 10.1 Å². The molecular formula is C17H18N2O3S. The summed E-state index contributed by atoms with van der Waals surface area (Å²) in [5.74, 6) is -0.557. The van der Waals surface area contributed by atoms with Crippen LogP contribution in [0.3, 0.4) is 0 Å². The van der Waals surface area contributed by atoms with Crippen molar-refractivity contribution in [2.75, 3.05) is 5.32 Å². The molecule has 1 amide bonds. The number of ether oxygens (including phenoxy) is 1. The molecule has 1 heterocycles. The first-order valence-corrected chi connectivity index (χ1v) is 8.67. The fraction of sp³-hybridized carbons (Fsp3) is 0.353. The van der Waals surface area contributed by atoms with Gasteiger partial charge in [-0.05, 0) is 49.9 Å². The third kappa shape index (κ3) is 4.16. The number of rotatable bonds is 4. The van der Waals surface area contributed by atoms with Gasteiger partial charge in [-0.1, -0.05) is 6.42 Å². The number of anilines is 1. The van der Waals surface area contributed by atoms with E-state index in [9.17, 15) is 9.59 Å². The Kier molecular flexibility index (Phi) is 5.02. The predicted molar refractivity (Wildman–Crippen MR) is 88.8 cm³/mol. The number of carbonyl (C=O) groups excluding carboxylic acids is 2. The monoisotopic (exact) mass is 330 g/mol. The topological polar surface area (TPSA) is 68.3 Å². The molecule has 1 saturated carbocycles. The lowest BCUT2D eigenvalue weighted by atomic mass is 9.98. The van der Waals surface area contributed by atoms with Crippen LogP contribution >= 0.6 is 11.3 Å². The third-order valence-corrected chi connectivity index (χ3v) is 4.46. The van der Waals surface area contributed by atoms with Gasteiger partial charge in [0.25, 0.3) is 5.91 Å². The Hall–Kier alpha value is -2.21. The number of amides is 1. The Morgan fingerprint density at radius 1 is 1.13 bits per heavy atom. The minimum Gasteiger partial charge on any atom is -0.459 e. The number of nitrogens with one attached hydrogen (secondary N) is 1. The van der Waals surface area contributed by atoms with Gasteiger partial charge in [-0.2, -0.15) is 0 Å². The van der Waals surface area contributed by atoms with Crippen LogP contribution in [-0.2, 0) is 4.74 Å². The predicted octanol–water partition coefficient (Wildman–Crippen LogP) is 3.88. The van der Waals surface area contributed by atoms with Crippen molar-refractivity contribution in [3.8, 4) is 0 Å². The molecule has 0 saturated heterocycles. The van der Waals surface area contributed by atoms with Gasteiger partial charge in [0.1, 0.15) is 11.8 Å². The number of nitrogens with zero attached hydrogens (tertiary/aromatic N) is 1. The quantitative estimate of drug-likeness (QED) is 0.864. The molecule has 1 aromatic heterocycles. The first-order chi connectivity index (χ1) is 11.2.